The second-order valence-electron chi connectivity index (χ2n) is 6.00. The zero-order valence-electron chi connectivity index (χ0n) is 15.3. The van der Waals surface area contributed by atoms with Gasteiger partial charge in [-0.1, -0.05) is 6.07 Å². The van der Waals surface area contributed by atoms with Crippen molar-refractivity contribution in [3.8, 4) is 6.07 Å². The summed E-state index contributed by atoms with van der Waals surface area (Å²) in [5.74, 6) is -0.0322. The summed E-state index contributed by atoms with van der Waals surface area (Å²) in [4.78, 5) is 16.6. The maximum Gasteiger partial charge on any atom is 0.256 e. The lowest BCUT2D eigenvalue weighted by molar-refractivity contribution is 0.102. The SMILES string of the molecule is N#CCCNS(=O)(=O)c1ccc(C(=O)Nc2ccn(Cc3ccccn3)n2)cc1. The van der Waals surface area contributed by atoms with Crippen molar-refractivity contribution in [1.82, 2.24) is 19.5 Å². The van der Waals surface area contributed by atoms with Crippen molar-refractivity contribution in [2.24, 2.45) is 0 Å². The van der Waals surface area contributed by atoms with Crippen LogP contribution in [0.4, 0.5) is 5.82 Å². The highest BCUT2D eigenvalue weighted by Crippen LogP contribution is 2.13. The molecule has 148 valence electrons. The van der Waals surface area contributed by atoms with Crippen LogP contribution >= 0.6 is 0 Å². The van der Waals surface area contributed by atoms with Gasteiger partial charge < -0.3 is 5.32 Å². The highest BCUT2D eigenvalue weighted by Gasteiger charge is 2.15. The smallest absolute Gasteiger partial charge is 0.256 e. The average Bonchev–Trinajstić information content (AvgIpc) is 3.15. The predicted molar refractivity (Wildman–Crippen MR) is 105 cm³/mol. The van der Waals surface area contributed by atoms with Gasteiger partial charge in [0.2, 0.25) is 10.0 Å². The van der Waals surface area contributed by atoms with Gasteiger partial charge in [-0.2, -0.15) is 10.4 Å². The highest BCUT2D eigenvalue weighted by molar-refractivity contribution is 7.89. The Morgan fingerprint density at radius 2 is 1.93 bits per heavy atom. The van der Waals surface area contributed by atoms with Crippen molar-refractivity contribution in [3.63, 3.8) is 0 Å². The molecule has 3 aromatic rings. The first-order valence-corrected chi connectivity index (χ1v) is 10.2. The number of aromatic nitrogens is 3. The minimum atomic E-state index is -3.71. The van der Waals surface area contributed by atoms with E-state index < -0.39 is 15.9 Å². The first kappa shape index (κ1) is 20.2. The Kier molecular flexibility index (Phi) is 6.33. The van der Waals surface area contributed by atoms with E-state index >= 15 is 0 Å². The molecule has 0 saturated heterocycles. The molecule has 0 atom stereocenters. The van der Waals surface area contributed by atoms with Gasteiger partial charge in [-0.05, 0) is 36.4 Å². The Morgan fingerprint density at radius 1 is 1.14 bits per heavy atom. The van der Waals surface area contributed by atoms with E-state index in [2.05, 4.69) is 20.1 Å². The van der Waals surface area contributed by atoms with Crippen molar-refractivity contribution in [1.29, 1.82) is 5.26 Å². The van der Waals surface area contributed by atoms with E-state index in [0.29, 0.717) is 17.9 Å². The van der Waals surface area contributed by atoms with Crippen LogP contribution in [-0.2, 0) is 16.6 Å². The third-order valence-electron chi connectivity index (χ3n) is 3.89. The molecule has 0 radical (unpaired) electrons. The summed E-state index contributed by atoms with van der Waals surface area (Å²) in [6.45, 7) is 0.504. The second-order valence-corrected chi connectivity index (χ2v) is 7.77. The number of hydrogen-bond donors (Lipinski definition) is 2. The Bertz CT molecular complexity index is 1120. The van der Waals surface area contributed by atoms with Crippen molar-refractivity contribution < 1.29 is 13.2 Å². The topological polar surface area (TPSA) is 130 Å². The van der Waals surface area contributed by atoms with Crippen LogP contribution in [0.5, 0.6) is 0 Å². The third-order valence-corrected chi connectivity index (χ3v) is 5.37. The fourth-order valence-electron chi connectivity index (χ4n) is 2.47. The van der Waals surface area contributed by atoms with Gasteiger partial charge in [0.1, 0.15) is 0 Å². The summed E-state index contributed by atoms with van der Waals surface area (Å²) in [6.07, 6.45) is 3.50. The molecule has 0 aliphatic heterocycles. The van der Waals surface area contributed by atoms with Gasteiger partial charge in [-0.25, -0.2) is 13.1 Å². The summed E-state index contributed by atoms with van der Waals surface area (Å²) in [5.41, 5.74) is 1.13. The molecular weight excluding hydrogens is 392 g/mol. The molecule has 2 N–H and O–H groups in total. The molecule has 0 fully saturated rings. The van der Waals surface area contributed by atoms with Crippen molar-refractivity contribution >= 4 is 21.7 Å². The van der Waals surface area contributed by atoms with Crippen LogP contribution in [-0.4, -0.2) is 35.6 Å². The molecule has 1 aromatic carbocycles. The molecule has 0 spiro atoms. The number of benzene rings is 1. The first-order chi connectivity index (χ1) is 14.0. The predicted octanol–water partition coefficient (Wildman–Crippen LogP) is 1.77. The van der Waals surface area contributed by atoms with Gasteiger partial charge >= 0.3 is 0 Å². The Labute approximate surface area is 168 Å². The van der Waals surface area contributed by atoms with E-state index in [1.165, 1.54) is 24.3 Å². The molecule has 0 aliphatic carbocycles. The number of sulfonamides is 1. The quantitative estimate of drug-likeness (QED) is 0.544. The number of amides is 1. The van der Waals surface area contributed by atoms with E-state index in [4.69, 9.17) is 5.26 Å². The van der Waals surface area contributed by atoms with E-state index in [1.807, 2.05) is 24.3 Å². The fraction of sp³-hybridized carbons (Fsp3) is 0.158. The average molecular weight is 410 g/mol. The lowest BCUT2D eigenvalue weighted by Gasteiger charge is -2.06. The monoisotopic (exact) mass is 410 g/mol. The second kappa shape index (κ2) is 9.09. The molecule has 2 heterocycles. The van der Waals surface area contributed by atoms with Crippen LogP contribution in [0.25, 0.3) is 0 Å². The molecule has 9 nitrogen and oxygen atoms in total. The number of hydrogen-bond acceptors (Lipinski definition) is 6. The molecule has 2 aromatic heterocycles. The Hall–Kier alpha value is -3.55. The van der Waals surface area contributed by atoms with Gasteiger partial charge in [0, 0.05) is 37.0 Å². The van der Waals surface area contributed by atoms with Gasteiger partial charge in [-0.3, -0.25) is 14.5 Å². The number of nitrogens with zero attached hydrogens (tertiary/aromatic N) is 4. The summed E-state index contributed by atoms with van der Waals surface area (Å²) >= 11 is 0. The van der Waals surface area contributed by atoms with E-state index in [1.54, 1.807) is 23.1 Å². The molecule has 0 saturated carbocycles. The van der Waals surface area contributed by atoms with Gasteiger partial charge in [0.05, 0.1) is 23.2 Å². The highest BCUT2D eigenvalue weighted by atomic mass is 32.2. The molecular formula is C19H18N6O3S. The molecule has 0 unspecified atom stereocenters. The minimum absolute atomic E-state index is 0.0200. The normalized spacial score (nSPS) is 11.0. The van der Waals surface area contributed by atoms with Crippen LogP contribution < -0.4 is 10.0 Å². The van der Waals surface area contributed by atoms with E-state index in [9.17, 15) is 13.2 Å². The van der Waals surface area contributed by atoms with Gasteiger partial charge in [-0.15, -0.1) is 0 Å². The van der Waals surface area contributed by atoms with Crippen molar-refractivity contribution in [2.45, 2.75) is 17.9 Å². The number of pyridine rings is 1. The molecule has 0 bridgehead atoms. The molecule has 10 heteroatoms. The van der Waals surface area contributed by atoms with Gasteiger partial charge in [0.15, 0.2) is 5.82 Å². The number of rotatable bonds is 8. The van der Waals surface area contributed by atoms with E-state index in [-0.39, 0.29) is 17.9 Å². The summed E-state index contributed by atoms with van der Waals surface area (Å²) < 4.78 is 28.2. The number of carbonyl (C=O) groups excluding carboxylic acids is 1. The zero-order valence-corrected chi connectivity index (χ0v) is 16.1. The van der Waals surface area contributed by atoms with Crippen LogP contribution in [0.2, 0.25) is 0 Å². The number of carbonyl (C=O) groups is 1. The first-order valence-electron chi connectivity index (χ1n) is 8.69. The number of nitriles is 1. The Balaban J connectivity index is 1.62. The lowest BCUT2D eigenvalue weighted by atomic mass is 10.2. The largest absolute Gasteiger partial charge is 0.305 e. The third kappa shape index (κ3) is 5.47. The van der Waals surface area contributed by atoms with Crippen LogP contribution in [0.1, 0.15) is 22.5 Å². The summed E-state index contributed by atoms with van der Waals surface area (Å²) in [6, 6.07) is 14.6. The van der Waals surface area contributed by atoms with Crippen LogP contribution in [0, 0.1) is 11.3 Å². The molecule has 29 heavy (non-hydrogen) atoms. The standard InChI is InChI=1S/C19H18N6O3S/c20-10-3-12-22-29(27,28)17-7-5-15(6-8-17)19(26)23-18-9-13-25(24-18)14-16-4-1-2-11-21-16/h1-2,4-9,11,13,22H,3,12,14H2,(H,23,24,26). The number of nitrogens with one attached hydrogen (secondary N) is 2. The van der Waals surface area contributed by atoms with Crippen LogP contribution in [0.15, 0.2) is 65.8 Å². The molecule has 1 amide bonds. The van der Waals surface area contributed by atoms with Crippen molar-refractivity contribution in [3.05, 3.63) is 72.2 Å². The number of anilines is 1. The Morgan fingerprint density at radius 3 is 2.62 bits per heavy atom. The molecule has 0 aliphatic rings. The molecule has 3 rings (SSSR count). The van der Waals surface area contributed by atoms with E-state index in [0.717, 1.165) is 5.69 Å². The lowest BCUT2D eigenvalue weighted by Crippen LogP contribution is -2.24. The fourth-order valence-corrected chi connectivity index (χ4v) is 3.50. The van der Waals surface area contributed by atoms with Gasteiger partial charge in [0.25, 0.3) is 5.91 Å². The summed E-state index contributed by atoms with van der Waals surface area (Å²) in [5, 5.41) is 15.4. The zero-order chi connectivity index (χ0) is 20.7. The maximum absolute atomic E-state index is 12.4. The summed E-state index contributed by atoms with van der Waals surface area (Å²) in [7, 11) is -3.71. The van der Waals surface area contributed by atoms with Crippen LogP contribution in [0.3, 0.4) is 0 Å². The maximum atomic E-state index is 12.4. The van der Waals surface area contributed by atoms with Crippen molar-refractivity contribution in [2.75, 3.05) is 11.9 Å². The minimum Gasteiger partial charge on any atom is -0.305 e.